The Bertz CT molecular complexity index is 306. The van der Waals surface area contributed by atoms with Crippen LogP contribution < -0.4 is 10.4 Å². The molecule has 0 aliphatic carbocycles. The zero-order valence-electron chi connectivity index (χ0n) is 7.89. The Hall–Kier alpha value is -1.17. The molecule has 0 bridgehead atoms. The number of hydrogen-bond donors (Lipinski definition) is 2. The van der Waals surface area contributed by atoms with E-state index in [2.05, 4.69) is 4.98 Å². The normalized spacial score (nSPS) is 20.6. The van der Waals surface area contributed by atoms with Crippen LogP contribution in [0.3, 0.4) is 0 Å². The van der Waals surface area contributed by atoms with E-state index in [4.69, 9.17) is 10.5 Å². The molecule has 0 unspecified atom stereocenters. The SMILES string of the molecule is Nc1ccc([N+]2(O)CCOCC2)cn1. The molecule has 2 rings (SSSR count). The highest BCUT2D eigenvalue weighted by atomic mass is 16.6. The molecule has 1 aromatic heterocycles. The maximum Gasteiger partial charge on any atom is 0.183 e. The molecule has 0 saturated carbocycles. The third-order valence-electron chi connectivity index (χ3n) is 2.46. The number of ether oxygens (including phenoxy) is 1. The Morgan fingerprint density at radius 3 is 2.64 bits per heavy atom. The van der Waals surface area contributed by atoms with Gasteiger partial charge in [-0.15, -0.1) is 4.65 Å². The molecule has 5 heteroatoms. The van der Waals surface area contributed by atoms with Gasteiger partial charge in [-0.2, -0.15) is 0 Å². The fourth-order valence-corrected chi connectivity index (χ4v) is 1.55. The summed E-state index contributed by atoms with van der Waals surface area (Å²) in [5, 5.41) is 10.2. The van der Waals surface area contributed by atoms with Gasteiger partial charge in [0.15, 0.2) is 5.69 Å². The predicted octanol–water partition coefficient (Wildman–Crippen LogP) is 0.390. The number of hydrogen-bond acceptors (Lipinski definition) is 4. The smallest absolute Gasteiger partial charge is 0.183 e. The molecular weight excluding hydrogens is 182 g/mol. The summed E-state index contributed by atoms with van der Waals surface area (Å²) in [7, 11) is 0. The summed E-state index contributed by atoms with van der Waals surface area (Å²) < 4.78 is 5.09. The van der Waals surface area contributed by atoms with Crippen molar-refractivity contribution in [2.75, 3.05) is 32.0 Å². The van der Waals surface area contributed by atoms with Crippen LogP contribution in [-0.2, 0) is 4.74 Å². The number of anilines is 1. The summed E-state index contributed by atoms with van der Waals surface area (Å²) in [6, 6.07) is 3.49. The van der Waals surface area contributed by atoms with Crippen molar-refractivity contribution >= 4 is 11.5 Å². The number of pyridine rings is 1. The summed E-state index contributed by atoms with van der Waals surface area (Å²) in [5.74, 6) is 0.466. The van der Waals surface area contributed by atoms with Crippen molar-refractivity contribution in [1.82, 2.24) is 9.63 Å². The van der Waals surface area contributed by atoms with Gasteiger partial charge in [0.2, 0.25) is 0 Å². The Labute approximate surface area is 82.3 Å². The molecular formula is C9H14N3O2+. The van der Waals surface area contributed by atoms with E-state index in [1.807, 2.05) is 0 Å². The van der Waals surface area contributed by atoms with Gasteiger partial charge in [0.25, 0.3) is 0 Å². The lowest BCUT2D eigenvalue weighted by Gasteiger charge is -2.32. The minimum Gasteiger partial charge on any atom is -0.384 e. The van der Waals surface area contributed by atoms with E-state index < -0.39 is 0 Å². The third-order valence-corrected chi connectivity index (χ3v) is 2.46. The molecule has 1 saturated heterocycles. The highest BCUT2D eigenvalue weighted by Crippen LogP contribution is 2.21. The second kappa shape index (κ2) is 3.53. The van der Waals surface area contributed by atoms with Crippen LogP contribution in [0, 0.1) is 0 Å². The third kappa shape index (κ3) is 1.70. The topological polar surface area (TPSA) is 68.4 Å². The molecule has 1 aromatic rings. The lowest BCUT2D eigenvalue weighted by atomic mass is 10.3. The maximum absolute atomic E-state index is 10.2. The second-order valence-electron chi connectivity index (χ2n) is 3.42. The first-order valence-corrected chi connectivity index (χ1v) is 4.60. The van der Waals surface area contributed by atoms with Crippen LogP contribution in [0.5, 0.6) is 0 Å². The van der Waals surface area contributed by atoms with E-state index >= 15 is 0 Å². The first-order valence-electron chi connectivity index (χ1n) is 4.60. The highest BCUT2D eigenvalue weighted by molar-refractivity contribution is 5.43. The monoisotopic (exact) mass is 196 g/mol. The minimum atomic E-state index is -0.104. The van der Waals surface area contributed by atoms with Crippen molar-refractivity contribution in [1.29, 1.82) is 0 Å². The Balaban J connectivity index is 2.23. The highest BCUT2D eigenvalue weighted by Gasteiger charge is 2.31. The number of nitrogens with zero attached hydrogens (tertiary/aromatic N) is 2. The van der Waals surface area contributed by atoms with Gasteiger partial charge in [-0.1, -0.05) is 0 Å². The van der Waals surface area contributed by atoms with Gasteiger partial charge in [-0.25, -0.2) is 10.2 Å². The molecule has 0 amide bonds. The van der Waals surface area contributed by atoms with Crippen LogP contribution in [0.25, 0.3) is 0 Å². The maximum atomic E-state index is 10.2. The molecule has 1 fully saturated rings. The van der Waals surface area contributed by atoms with E-state index in [-0.39, 0.29) is 4.65 Å². The standard InChI is InChI=1S/C9H14N3O2/c10-9-2-1-8(7-11-9)12(13)3-5-14-6-4-12/h1-2,7,13H,3-6H2,(H2,10,11)/q+1. The van der Waals surface area contributed by atoms with Gasteiger partial charge < -0.3 is 10.5 Å². The number of nitrogen functional groups attached to an aromatic ring is 1. The molecule has 1 aliphatic heterocycles. The van der Waals surface area contributed by atoms with Gasteiger partial charge in [-0.05, 0) is 6.07 Å². The molecule has 3 N–H and O–H groups in total. The van der Waals surface area contributed by atoms with Gasteiger partial charge in [0.05, 0.1) is 19.4 Å². The van der Waals surface area contributed by atoms with E-state index in [1.54, 1.807) is 18.3 Å². The first kappa shape index (κ1) is 9.39. The number of morpholine rings is 1. The quantitative estimate of drug-likeness (QED) is 0.637. The van der Waals surface area contributed by atoms with Crippen LogP contribution in [0.15, 0.2) is 18.3 Å². The Morgan fingerprint density at radius 2 is 2.07 bits per heavy atom. The summed E-state index contributed by atoms with van der Waals surface area (Å²) in [4.78, 5) is 3.96. The molecule has 0 atom stereocenters. The first-order chi connectivity index (χ1) is 6.71. The van der Waals surface area contributed by atoms with Crippen LogP contribution in [0.2, 0.25) is 0 Å². The second-order valence-corrected chi connectivity index (χ2v) is 3.42. The van der Waals surface area contributed by atoms with Gasteiger partial charge in [-0.3, -0.25) is 0 Å². The summed E-state index contributed by atoms with van der Waals surface area (Å²) >= 11 is 0. The number of nitrogens with two attached hydrogens (primary N) is 1. The van der Waals surface area contributed by atoms with Crippen LogP contribution >= 0.6 is 0 Å². The van der Waals surface area contributed by atoms with Crippen LogP contribution in [0.1, 0.15) is 0 Å². The molecule has 76 valence electrons. The van der Waals surface area contributed by atoms with Crippen molar-refractivity contribution in [3.8, 4) is 0 Å². The van der Waals surface area contributed by atoms with E-state index in [0.29, 0.717) is 32.1 Å². The molecule has 0 spiro atoms. The summed E-state index contributed by atoms with van der Waals surface area (Å²) in [6.45, 7) is 2.26. The van der Waals surface area contributed by atoms with Gasteiger partial charge in [0, 0.05) is 6.07 Å². The molecule has 14 heavy (non-hydrogen) atoms. The van der Waals surface area contributed by atoms with Crippen molar-refractivity contribution in [3.05, 3.63) is 18.3 Å². The number of aromatic nitrogens is 1. The molecule has 1 aliphatic rings. The van der Waals surface area contributed by atoms with E-state index in [1.165, 1.54) is 0 Å². The fraction of sp³-hybridized carbons (Fsp3) is 0.444. The number of rotatable bonds is 1. The zero-order chi connectivity index (χ0) is 10.0. The Morgan fingerprint density at radius 1 is 1.36 bits per heavy atom. The molecule has 0 aromatic carbocycles. The largest absolute Gasteiger partial charge is 0.384 e. The van der Waals surface area contributed by atoms with E-state index in [9.17, 15) is 5.21 Å². The van der Waals surface area contributed by atoms with Crippen LogP contribution in [-0.4, -0.2) is 36.5 Å². The lowest BCUT2D eigenvalue weighted by molar-refractivity contribution is -0.133. The summed E-state index contributed by atoms with van der Waals surface area (Å²) in [6.07, 6.45) is 1.61. The lowest BCUT2D eigenvalue weighted by Crippen LogP contribution is -2.53. The predicted molar refractivity (Wildman–Crippen MR) is 52.8 cm³/mol. The van der Waals surface area contributed by atoms with Crippen molar-refractivity contribution in [2.24, 2.45) is 0 Å². The summed E-state index contributed by atoms with van der Waals surface area (Å²) in [5.41, 5.74) is 6.24. The molecule has 2 heterocycles. The fourth-order valence-electron chi connectivity index (χ4n) is 1.55. The minimum absolute atomic E-state index is 0.104. The average Bonchev–Trinajstić information content (AvgIpc) is 2.19. The van der Waals surface area contributed by atoms with Gasteiger partial charge in [0.1, 0.15) is 18.9 Å². The van der Waals surface area contributed by atoms with Crippen LogP contribution in [0.4, 0.5) is 11.5 Å². The molecule has 0 radical (unpaired) electrons. The van der Waals surface area contributed by atoms with Crippen molar-refractivity contribution in [2.45, 2.75) is 0 Å². The van der Waals surface area contributed by atoms with Crippen molar-refractivity contribution < 1.29 is 9.94 Å². The average molecular weight is 196 g/mol. The van der Waals surface area contributed by atoms with Gasteiger partial charge >= 0.3 is 0 Å². The Kier molecular flexibility index (Phi) is 2.37. The number of quaternary nitrogens is 1. The van der Waals surface area contributed by atoms with Crippen molar-refractivity contribution in [3.63, 3.8) is 0 Å². The number of hydroxylamine groups is 2. The zero-order valence-corrected chi connectivity index (χ0v) is 7.89. The van der Waals surface area contributed by atoms with E-state index in [0.717, 1.165) is 5.69 Å². The molecule has 5 nitrogen and oxygen atoms in total.